The van der Waals surface area contributed by atoms with E-state index in [4.69, 9.17) is 5.73 Å². The van der Waals surface area contributed by atoms with Gasteiger partial charge in [0.2, 0.25) is 5.91 Å². The zero-order valence-corrected chi connectivity index (χ0v) is 11.2. The van der Waals surface area contributed by atoms with Crippen LogP contribution < -0.4 is 16.4 Å². The summed E-state index contributed by atoms with van der Waals surface area (Å²) in [5.41, 5.74) is 6.93. The molecule has 0 fully saturated rings. The van der Waals surface area contributed by atoms with Crippen LogP contribution >= 0.6 is 11.3 Å². The molecule has 0 aliphatic rings. The molecule has 4 N–H and O–H groups in total. The molecule has 2 rings (SSSR count). The molecule has 1 heterocycles. The van der Waals surface area contributed by atoms with Crippen molar-refractivity contribution in [3.05, 3.63) is 23.8 Å². The Morgan fingerprint density at radius 3 is 2.95 bits per heavy atom. The normalized spacial score (nSPS) is 10.4. The van der Waals surface area contributed by atoms with Gasteiger partial charge in [0.25, 0.3) is 5.91 Å². The first-order valence-corrected chi connectivity index (χ1v) is 6.56. The number of anilines is 1. The van der Waals surface area contributed by atoms with Crippen molar-refractivity contribution in [2.75, 3.05) is 19.3 Å². The molecule has 1 aromatic carbocycles. The van der Waals surface area contributed by atoms with Gasteiger partial charge in [-0.25, -0.2) is 4.98 Å². The number of thiazole rings is 1. The molecule has 0 saturated heterocycles. The van der Waals surface area contributed by atoms with Gasteiger partial charge in [-0.2, -0.15) is 0 Å². The molecule has 0 atom stereocenters. The minimum absolute atomic E-state index is 0.106. The second kappa shape index (κ2) is 5.66. The number of amides is 2. The molecule has 1 aromatic heterocycles. The fourth-order valence-corrected chi connectivity index (χ4v) is 2.37. The maximum absolute atomic E-state index is 11.9. The lowest BCUT2D eigenvalue weighted by atomic mass is 10.2. The van der Waals surface area contributed by atoms with E-state index in [9.17, 15) is 9.59 Å². The van der Waals surface area contributed by atoms with Crippen LogP contribution in [0.4, 0.5) is 5.13 Å². The van der Waals surface area contributed by atoms with Crippen LogP contribution in [-0.4, -0.2) is 30.4 Å². The van der Waals surface area contributed by atoms with Crippen molar-refractivity contribution in [3.8, 4) is 0 Å². The summed E-state index contributed by atoms with van der Waals surface area (Å²) in [5, 5.41) is 5.66. The topological polar surface area (TPSA) is 97.1 Å². The summed E-state index contributed by atoms with van der Waals surface area (Å²) in [6.45, 7) is 0.307. The maximum atomic E-state index is 11.9. The summed E-state index contributed by atoms with van der Waals surface area (Å²) in [4.78, 5) is 27.0. The summed E-state index contributed by atoms with van der Waals surface area (Å²) >= 11 is 1.34. The quantitative estimate of drug-likeness (QED) is 0.768. The van der Waals surface area contributed by atoms with Gasteiger partial charge in [-0.05, 0) is 18.2 Å². The standard InChI is InChI=1S/C12H14N4O2S/c1-14-10(17)4-5-15-11(18)7-2-3-8-9(6-7)19-12(13)16-8/h2-3,6H,4-5H2,1H3,(H2,13,16)(H,14,17)(H,15,18). The molecular weight excluding hydrogens is 264 g/mol. The molecule has 0 aliphatic carbocycles. The van der Waals surface area contributed by atoms with E-state index in [2.05, 4.69) is 15.6 Å². The number of aromatic nitrogens is 1. The number of nitrogens with two attached hydrogens (primary N) is 1. The third-order valence-corrected chi connectivity index (χ3v) is 3.43. The van der Waals surface area contributed by atoms with Crippen molar-refractivity contribution in [1.82, 2.24) is 15.6 Å². The number of fused-ring (bicyclic) bond motifs is 1. The Bertz CT molecular complexity index is 623. The van der Waals surface area contributed by atoms with Crippen molar-refractivity contribution < 1.29 is 9.59 Å². The third-order valence-electron chi connectivity index (χ3n) is 2.58. The molecule has 19 heavy (non-hydrogen) atoms. The smallest absolute Gasteiger partial charge is 0.251 e. The van der Waals surface area contributed by atoms with Crippen LogP contribution in [0.15, 0.2) is 18.2 Å². The van der Waals surface area contributed by atoms with Crippen LogP contribution in [0.3, 0.4) is 0 Å². The Morgan fingerprint density at radius 2 is 2.21 bits per heavy atom. The minimum atomic E-state index is -0.210. The van der Waals surface area contributed by atoms with E-state index >= 15 is 0 Å². The van der Waals surface area contributed by atoms with Crippen LogP contribution in [0.2, 0.25) is 0 Å². The lowest BCUT2D eigenvalue weighted by Gasteiger charge is -2.04. The average Bonchev–Trinajstić information content (AvgIpc) is 2.77. The first-order chi connectivity index (χ1) is 9.10. The predicted molar refractivity (Wildman–Crippen MR) is 75.0 cm³/mol. The summed E-state index contributed by atoms with van der Waals surface area (Å²) in [7, 11) is 1.56. The lowest BCUT2D eigenvalue weighted by Crippen LogP contribution is -2.29. The maximum Gasteiger partial charge on any atom is 0.251 e. The van der Waals surface area contributed by atoms with Crippen LogP contribution in [0.5, 0.6) is 0 Å². The molecule has 0 spiro atoms. The summed E-state index contributed by atoms with van der Waals surface area (Å²) < 4.78 is 0.872. The number of nitrogens with one attached hydrogen (secondary N) is 2. The number of carbonyl (C=O) groups is 2. The largest absolute Gasteiger partial charge is 0.375 e. The third kappa shape index (κ3) is 3.19. The van der Waals surface area contributed by atoms with Crippen molar-refractivity contribution in [2.24, 2.45) is 0 Å². The highest BCUT2D eigenvalue weighted by Gasteiger charge is 2.08. The van der Waals surface area contributed by atoms with E-state index < -0.39 is 0 Å². The predicted octanol–water partition coefficient (Wildman–Crippen LogP) is 0.744. The average molecular weight is 278 g/mol. The van der Waals surface area contributed by atoms with Gasteiger partial charge in [0.1, 0.15) is 0 Å². The van der Waals surface area contributed by atoms with Crippen molar-refractivity contribution >= 4 is 38.5 Å². The minimum Gasteiger partial charge on any atom is -0.375 e. The van der Waals surface area contributed by atoms with Crippen molar-refractivity contribution in [3.63, 3.8) is 0 Å². The first-order valence-electron chi connectivity index (χ1n) is 5.75. The van der Waals surface area contributed by atoms with E-state index in [0.717, 1.165) is 10.2 Å². The molecule has 0 aliphatic heterocycles. The Labute approximate surface area is 114 Å². The summed E-state index contributed by atoms with van der Waals surface area (Å²) in [6, 6.07) is 5.20. The molecule has 0 bridgehead atoms. The molecule has 7 heteroatoms. The van der Waals surface area contributed by atoms with Gasteiger partial charge in [0, 0.05) is 25.6 Å². The molecule has 100 valence electrons. The first kappa shape index (κ1) is 13.3. The zero-order valence-electron chi connectivity index (χ0n) is 10.4. The molecule has 0 radical (unpaired) electrons. The molecule has 0 unspecified atom stereocenters. The number of hydrogen-bond donors (Lipinski definition) is 3. The van der Waals surface area contributed by atoms with E-state index in [0.29, 0.717) is 17.2 Å². The monoisotopic (exact) mass is 278 g/mol. The van der Waals surface area contributed by atoms with Gasteiger partial charge in [0.15, 0.2) is 5.13 Å². The van der Waals surface area contributed by atoms with Gasteiger partial charge in [0.05, 0.1) is 10.2 Å². The van der Waals surface area contributed by atoms with Gasteiger partial charge in [-0.15, -0.1) is 0 Å². The van der Waals surface area contributed by atoms with E-state index in [1.54, 1.807) is 25.2 Å². The number of nitrogens with zero attached hydrogens (tertiary/aromatic N) is 1. The Morgan fingerprint density at radius 1 is 1.42 bits per heavy atom. The lowest BCUT2D eigenvalue weighted by molar-refractivity contribution is -0.120. The Kier molecular flexibility index (Phi) is 3.96. The van der Waals surface area contributed by atoms with Crippen LogP contribution in [-0.2, 0) is 4.79 Å². The number of carbonyl (C=O) groups excluding carboxylic acids is 2. The van der Waals surface area contributed by atoms with Crippen molar-refractivity contribution in [1.29, 1.82) is 0 Å². The van der Waals surface area contributed by atoms with E-state index in [-0.39, 0.29) is 18.2 Å². The van der Waals surface area contributed by atoms with Gasteiger partial charge in [-0.3, -0.25) is 9.59 Å². The number of nitrogen functional groups attached to an aromatic ring is 1. The Hall–Kier alpha value is -2.15. The highest BCUT2D eigenvalue weighted by atomic mass is 32.1. The summed E-state index contributed by atoms with van der Waals surface area (Å²) in [5.74, 6) is -0.316. The van der Waals surface area contributed by atoms with Gasteiger partial charge >= 0.3 is 0 Å². The van der Waals surface area contributed by atoms with Crippen LogP contribution in [0.25, 0.3) is 10.2 Å². The SMILES string of the molecule is CNC(=O)CCNC(=O)c1ccc2nc(N)sc2c1. The second-order valence-corrected chi connectivity index (χ2v) is 4.98. The molecule has 2 aromatic rings. The molecule has 6 nitrogen and oxygen atoms in total. The highest BCUT2D eigenvalue weighted by Crippen LogP contribution is 2.24. The molecule has 0 saturated carbocycles. The van der Waals surface area contributed by atoms with Gasteiger partial charge < -0.3 is 16.4 Å². The number of benzene rings is 1. The van der Waals surface area contributed by atoms with Crippen LogP contribution in [0.1, 0.15) is 16.8 Å². The summed E-state index contributed by atoms with van der Waals surface area (Å²) in [6.07, 6.45) is 0.262. The fourth-order valence-electron chi connectivity index (χ4n) is 1.60. The zero-order chi connectivity index (χ0) is 13.8. The fraction of sp³-hybridized carbons (Fsp3) is 0.250. The van der Waals surface area contributed by atoms with Crippen molar-refractivity contribution in [2.45, 2.75) is 6.42 Å². The molecular formula is C12H14N4O2S. The van der Waals surface area contributed by atoms with E-state index in [1.165, 1.54) is 11.3 Å². The number of hydrogen-bond acceptors (Lipinski definition) is 5. The Balaban J connectivity index is 2.02. The highest BCUT2D eigenvalue weighted by molar-refractivity contribution is 7.22. The van der Waals surface area contributed by atoms with Gasteiger partial charge in [-0.1, -0.05) is 11.3 Å². The van der Waals surface area contributed by atoms with Crippen LogP contribution in [0, 0.1) is 0 Å². The molecule has 2 amide bonds. The van der Waals surface area contributed by atoms with E-state index in [1.807, 2.05) is 0 Å². The number of rotatable bonds is 4. The second-order valence-electron chi connectivity index (χ2n) is 3.91.